The Morgan fingerprint density at radius 1 is 1.31 bits per heavy atom. The predicted octanol–water partition coefficient (Wildman–Crippen LogP) is 2.02. The Morgan fingerprint density at radius 3 is 2.56 bits per heavy atom. The average Bonchev–Trinajstić information content (AvgIpc) is 2.68. The second kappa shape index (κ2) is 4.32. The molecule has 2 aromatic rings. The first-order valence-corrected chi connectivity index (χ1v) is 5.25. The molecule has 0 aliphatic rings. The van der Waals surface area contributed by atoms with Crippen LogP contribution in [-0.4, -0.2) is 14.9 Å². The summed E-state index contributed by atoms with van der Waals surface area (Å²) in [5, 5.41) is 7.59. The molecule has 0 saturated carbocycles. The molecule has 0 unspecified atom stereocenters. The molecule has 0 bridgehead atoms. The predicted molar refractivity (Wildman–Crippen MR) is 69.4 cm³/mol. The quantitative estimate of drug-likeness (QED) is 0.739. The minimum Gasteiger partial charge on any atom is -0.382 e. The van der Waals surface area contributed by atoms with Crippen molar-refractivity contribution in [3.05, 3.63) is 42.1 Å². The van der Waals surface area contributed by atoms with Crippen molar-refractivity contribution >= 4 is 28.8 Å². The molecule has 5 heteroatoms. The first-order valence-electron chi connectivity index (χ1n) is 4.84. The molecule has 1 heterocycles. The number of rotatable bonds is 1. The molecule has 0 aliphatic heterocycles. The van der Waals surface area contributed by atoms with E-state index in [0.29, 0.717) is 10.9 Å². The van der Waals surface area contributed by atoms with Crippen molar-refractivity contribution in [1.82, 2.24) is 9.78 Å². The van der Waals surface area contributed by atoms with Crippen LogP contribution in [0.15, 0.2) is 36.5 Å². The third kappa shape index (κ3) is 2.38. The van der Waals surface area contributed by atoms with Crippen LogP contribution in [0, 0.1) is 6.92 Å². The highest BCUT2D eigenvalue weighted by atomic mass is 32.1. The van der Waals surface area contributed by atoms with Gasteiger partial charge in [-0.2, -0.15) is 0 Å². The van der Waals surface area contributed by atoms with Gasteiger partial charge in [-0.05, 0) is 31.3 Å². The molecular formula is C11H12N4S. The Bertz CT molecular complexity index is 501. The zero-order valence-corrected chi connectivity index (χ0v) is 9.66. The molecule has 0 amide bonds. The highest BCUT2D eigenvalue weighted by Crippen LogP contribution is 2.09. The SMILES string of the molecule is Cc1ccc(NC(=S)n2ccc(N)n2)cc1. The zero-order chi connectivity index (χ0) is 11.5. The molecule has 0 fully saturated rings. The van der Waals surface area contributed by atoms with Crippen LogP contribution in [0.1, 0.15) is 5.56 Å². The lowest BCUT2D eigenvalue weighted by molar-refractivity contribution is 0.953. The molecule has 4 nitrogen and oxygen atoms in total. The Kier molecular flexibility index (Phi) is 2.87. The Labute approximate surface area is 99.1 Å². The Hall–Kier alpha value is -1.88. The molecular weight excluding hydrogens is 220 g/mol. The zero-order valence-electron chi connectivity index (χ0n) is 8.84. The summed E-state index contributed by atoms with van der Waals surface area (Å²) in [5.41, 5.74) is 7.65. The second-order valence-electron chi connectivity index (χ2n) is 3.48. The van der Waals surface area contributed by atoms with E-state index in [0.717, 1.165) is 5.69 Å². The number of aryl methyl sites for hydroxylation is 1. The monoisotopic (exact) mass is 232 g/mol. The van der Waals surface area contributed by atoms with Gasteiger partial charge < -0.3 is 11.1 Å². The fourth-order valence-corrected chi connectivity index (χ4v) is 1.49. The Balaban J connectivity index is 2.10. The summed E-state index contributed by atoms with van der Waals surface area (Å²) in [6.45, 7) is 2.04. The van der Waals surface area contributed by atoms with Crippen LogP contribution in [-0.2, 0) is 0 Å². The molecule has 1 aromatic heterocycles. The summed E-state index contributed by atoms with van der Waals surface area (Å²) in [5.74, 6) is 0.452. The van der Waals surface area contributed by atoms with Gasteiger partial charge in [0, 0.05) is 18.0 Å². The van der Waals surface area contributed by atoms with Crippen molar-refractivity contribution in [2.45, 2.75) is 6.92 Å². The van der Waals surface area contributed by atoms with Gasteiger partial charge >= 0.3 is 0 Å². The third-order valence-corrected chi connectivity index (χ3v) is 2.41. The number of aromatic nitrogens is 2. The summed E-state index contributed by atoms with van der Waals surface area (Å²) in [6, 6.07) is 9.66. The van der Waals surface area contributed by atoms with Crippen LogP contribution in [0.5, 0.6) is 0 Å². The number of nitrogen functional groups attached to an aromatic ring is 1. The van der Waals surface area contributed by atoms with E-state index in [-0.39, 0.29) is 0 Å². The average molecular weight is 232 g/mol. The first-order chi connectivity index (χ1) is 7.65. The van der Waals surface area contributed by atoms with Gasteiger partial charge in [0.2, 0.25) is 0 Å². The molecule has 16 heavy (non-hydrogen) atoms. The maximum Gasteiger partial charge on any atom is 0.198 e. The molecule has 3 N–H and O–H groups in total. The van der Waals surface area contributed by atoms with E-state index in [9.17, 15) is 0 Å². The van der Waals surface area contributed by atoms with Crippen molar-refractivity contribution in [3.63, 3.8) is 0 Å². The van der Waals surface area contributed by atoms with Crippen molar-refractivity contribution in [2.75, 3.05) is 11.1 Å². The second-order valence-corrected chi connectivity index (χ2v) is 3.87. The summed E-state index contributed by atoms with van der Waals surface area (Å²) in [4.78, 5) is 0. The summed E-state index contributed by atoms with van der Waals surface area (Å²) in [7, 11) is 0. The highest BCUT2D eigenvalue weighted by molar-refractivity contribution is 7.80. The Morgan fingerprint density at radius 2 is 2.00 bits per heavy atom. The van der Waals surface area contributed by atoms with Crippen LogP contribution in [0.25, 0.3) is 0 Å². The van der Waals surface area contributed by atoms with E-state index in [2.05, 4.69) is 10.4 Å². The van der Waals surface area contributed by atoms with Crippen LogP contribution in [0.3, 0.4) is 0 Å². The van der Waals surface area contributed by atoms with Gasteiger partial charge in [0.15, 0.2) is 5.11 Å². The fourth-order valence-electron chi connectivity index (χ4n) is 1.27. The molecule has 0 spiro atoms. The standard InChI is InChI=1S/C11H12N4S/c1-8-2-4-9(5-3-8)13-11(16)15-7-6-10(12)14-15/h2-7H,1H3,(H2,12,14)(H,13,16). The lowest BCUT2D eigenvalue weighted by Gasteiger charge is -2.07. The van der Waals surface area contributed by atoms with E-state index in [1.807, 2.05) is 31.2 Å². The first kappa shape index (κ1) is 10.6. The van der Waals surface area contributed by atoms with E-state index < -0.39 is 0 Å². The van der Waals surface area contributed by atoms with Gasteiger partial charge in [0.25, 0.3) is 0 Å². The number of nitrogens with zero attached hydrogens (tertiary/aromatic N) is 2. The van der Waals surface area contributed by atoms with Crippen molar-refractivity contribution in [2.24, 2.45) is 0 Å². The smallest absolute Gasteiger partial charge is 0.198 e. The highest BCUT2D eigenvalue weighted by Gasteiger charge is 2.01. The molecule has 82 valence electrons. The van der Waals surface area contributed by atoms with Gasteiger partial charge in [0.1, 0.15) is 5.82 Å². The van der Waals surface area contributed by atoms with E-state index in [1.165, 1.54) is 10.2 Å². The number of nitrogens with one attached hydrogen (secondary N) is 1. The van der Waals surface area contributed by atoms with Gasteiger partial charge in [-0.15, -0.1) is 5.10 Å². The summed E-state index contributed by atoms with van der Waals surface area (Å²) >= 11 is 5.18. The molecule has 1 aromatic carbocycles. The molecule has 0 radical (unpaired) electrons. The van der Waals surface area contributed by atoms with Crippen LogP contribution in [0.4, 0.5) is 11.5 Å². The number of hydrogen-bond acceptors (Lipinski definition) is 3. The number of hydrogen-bond donors (Lipinski definition) is 2. The molecule has 0 saturated heterocycles. The van der Waals surface area contributed by atoms with E-state index >= 15 is 0 Å². The third-order valence-electron chi connectivity index (χ3n) is 2.12. The summed E-state index contributed by atoms with van der Waals surface area (Å²) < 4.78 is 1.53. The maximum absolute atomic E-state index is 5.51. The van der Waals surface area contributed by atoms with Crippen molar-refractivity contribution in [1.29, 1.82) is 0 Å². The molecule has 2 rings (SSSR count). The van der Waals surface area contributed by atoms with Crippen molar-refractivity contribution < 1.29 is 0 Å². The normalized spacial score (nSPS) is 10.1. The van der Waals surface area contributed by atoms with Gasteiger partial charge in [0.05, 0.1) is 0 Å². The summed E-state index contributed by atoms with van der Waals surface area (Å²) in [6.07, 6.45) is 1.72. The van der Waals surface area contributed by atoms with Gasteiger partial charge in [-0.1, -0.05) is 17.7 Å². The minimum absolute atomic E-state index is 0.452. The number of benzene rings is 1. The van der Waals surface area contributed by atoms with Gasteiger partial charge in [-0.25, -0.2) is 4.68 Å². The van der Waals surface area contributed by atoms with E-state index in [4.69, 9.17) is 18.0 Å². The van der Waals surface area contributed by atoms with Crippen LogP contribution >= 0.6 is 12.2 Å². The van der Waals surface area contributed by atoms with Crippen LogP contribution < -0.4 is 11.1 Å². The minimum atomic E-state index is 0.452. The fraction of sp³-hybridized carbons (Fsp3) is 0.0909. The number of thiocarbonyl (C=S) groups is 1. The largest absolute Gasteiger partial charge is 0.382 e. The van der Waals surface area contributed by atoms with Crippen LogP contribution in [0.2, 0.25) is 0 Å². The van der Waals surface area contributed by atoms with Crippen molar-refractivity contribution in [3.8, 4) is 0 Å². The van der Waals surface area contributed by atoms with E-state index in [1.54, 1.807) is 12.3 Å². The lowest BCUT2D eigenvalue weighted by atomic mass is 10.2. The number of nitrogens with two attached hydrogens (primary N) is 1. The topological polar surface area (TPSA) is 55.9 Å². The lowest BCUT2D eigenvalue weighted by Crippen LogP contribution is -2.19. The van der Waals surface area contributed by atoms with Gasteiger partial charge in [-0.3, -0.25) is 0 Å². The maximum atomic E-state index is 5.51. The number of anilines is 2. The molecule has 0 aliphatic carbocycles. The molecule has 0 atom stereocenters.